The molecule has 0 unspecified atom stereocenters. The minimum absolute atomic E-state index is 0.0903. The molecule has 192 valence electrons. The van der Waals surface area contributed by atoms with Crippen LogP contribution in [0.1, 0.15) is 37.8 Å². The molecule has 0 bridgehead atoms. The minimum Gasteiger partial charge on any atom is -0.493 e. The molecule has 0 spiro atoms. The molecule has 1 aliphatic heterocycles. The van der Waals surface area contributed by atoms with Gasteiger partial charge in [-0.3, -0.25) is 4.90 Å². The van der Waals surface area contributed by atoms with Crippen LogP contribution in [0.15, 0.2) is 48.5 Å². The number of nitrogens with zero attached hydrogens (tertiary/aromatic N) is 2. The molecule has 5 nitrogen and oxygen atoms in total. The molecule has 0 aromatic heterocycles. The highest BCUT2D eigenvalue weighted by molar-refractivity contribution is 5.74. The monoisotopic (exact) mass is 495 g/mol. The van der Waals surface area contributed by atoms with E-state index in [9.17, 15) is 22.4 Å². The highest BCUT2D eigenvalue weighted by atomic mass is 19.4. The van der Waals surface area contributed by atoms with E-state index >= 15 is 0 Å². The van der Waals surface area contributed by atoms with Crippen molar-refractivity contribution in [1.82, 2.24) is 15.1 Å². The number of halogens is 4. The van der Waals surface area contributed by atoms with Crippen LogP contribution in [0.4, 0.5) is 22.4 Å². The van der Waals surface area contributed by atoms with Crippen LogP contribution in [0.25, 0.3) is 0 Å². The van der Waals surface area contributed by atoms with Crippen molar-refractivity contribution in [3.8, 4) is 5.75 Å². The SMILES string of the molecule is CC(C)COc1ccc(CNC(=O)N(Cc2ccc(F)cc2)[C@@H]2CCN(C)[C@@H](C(F)(F)F)C2)cc1. The van der Waals surface area contributed by atoms with Crippen molar-refractivity contribution in [3.63, 3.8) is 0 Å². The van der Waals surface area contributed by atoms with Crippen molar-refractivity contribution in [2.24, 2.45) is 5.92 Å². The first-order valence-corrected chi connectivity index (χ1v) is 11.8. The van der Waals surface area contributed by atoms with Crippen molar-refractivity contribution in [3.05, 3.63) is 65.5 Å². The normalized spacial score (nSPS) is 19.0. The van der Waals surface area contributed by atoms with Crippen LogP contribution in [0.2, 0.25) is 0 Å². The maximum absolute atomic E-state index is 13.6. The zero-order chi connectivity index (χ0) is 25.6. The maximum Gasteiger partial charge on any atom is 0.404 e. The van der Waals surface area contributed by atoms with Crippen molar-refractivity contribution in [1.29, 1.82) is 0 Å². The number of rotatable bonds is 8. The fraction of sp³-hybridized carbons (Fsp3) is 0.500. The number of nitrogens with one attached hydrogen (secondary N) is 1. The first-order chi connectivity index (χ1) is 16.5. The minimum atomic E-state index is -4.38. The summed E-state index contributed by atoms with van der Waals surface area (Å²) in [5, 5.41) is 2.84. The number of carbonyl (C=O) groups excluding carboxylic acids is 1. The van der Waals surface area contributed by atoms with Gasteiger partial charge in [-0.2, -0.15) is 13.2 Å². The summed E-state index contributed by atoms with van der Waals surface area (Å²) in [7, 11) is 1.45. The van der Waals surface area contributed by atoms with E-state index in [4.69, 9.17) is 4.74 Å². The second kappa shape index (κ2) is 11.7. The molecule has 2 amide bonds. The molecule has 2 aromatic rings. The summed E-state index contributed by atoms with van der Waals surface area (Å²) < 4.78 is 59.8. The number of amides is 2. The average molecular weight is 496 g/mol. The molecule has 2 aromatic carbocycles. The van der Waals surface area contributed by atoms with Gasteiger partial charge >= 0.3 is 12.2 Å². The largest absolute Gasteiger partial charge is 0.493 e. The van der Waals surface area contributed by atoms with Crippen LogP contribution in [-0.2, 0) is 13.1 Å². The molecule has 1 fully saturated rings. The van der Waals surface area contributed by atoms with Crippen molar-refractivity contribution in [2.45, 2.75) is 58.0 Å². The summed E-state index contributed by atoms with van der Waals surface area (Å²) in [6.45, 7) is 5.25. The molecule has 9 heteroatoms. The van der Waals surface area contributed by atoms with Crippen LogP contribution in [-0.4, -0.2) is 54.3 Å². The highest BCUT2D eigenvalue weighted by Gasteiger charge is 2.46. The third kappa shape index (κ3) is 7.85. The standard InChI is InChI=1S/C26H33F4N3O2/c1-18(2)17-35-23-10-6-19(7-11-23)15-31-25(34)33(16-20-4-8-21(27)9-5-20)22-12-13-32(3)24(14-22)26(28,29)30/h4-11,18,22,24H,12-17H2,1-3H3,(H,31,34)/t22-,24-/m1/s1. The lowest BCUT2D eigenvalue weighted by Gasteiger charge is -2.42. The smallest absolute Gasteiger partial charge is 0.404 e. The van der Waals surface area contributed by atoms with Crippen LogP contribution in [0.5, 0.6) is 5.75 Å². The van der Waals surface area contributed by atoms with E-state index in [0.29, 0.717) is 24.5 Å². The van der Waals surface area contributed by atoms with E-state index in [-0.39, 0.29) is 26.1 Å². The Kier molecular flexibility index (Phi) is 8.99. The van der Waals surface area contributed by atoms with E-state index in [1.54, 1.807) is 12.1 Å². The Morgan fingerprint density at radius 2 is 1.74 bits per heavy atom. The molecule has 1 N–H and O–H groups in total. The lowest BCUT2D eigenvalue weighted by atomic mass is 9.95. The molecule has 1 saturated heterocycles. The fourth-order valence-corrected chi connectivity index (χ4v) is 4.13. The Bertz CT molecular complexity index is 949. The maximum atomic E-state index is 13.6. The van der Waals surface area contributed by atoms with Crippen LogP contribution < -0.4 is 10.1 Å². The number of carbonyl (C=O) groups is 1. The Morgan fingerprint density at radius 3 is 2.34 bits per heavy atom. The number of likely N-dealkylation sites (tertiary alicyclic amines) is 1. The molecule has 0 radical (unpaired) electrons. The molecular formula is C26H33F4N3O2. The van der Waals surface area contributed by atoms with Gasteiger partial charge in [-0.05, 0) is 61.2 Å². The number of hydrogen-bond acceptors (Lipinski definition) is 3. The Balaban J connectivity index is 1.70. The van der Waals surface area contributed by atoms with Gasteiger partial charge in [-0.15, -0.1) is 0 Å². The van der Waals surface area contributed by atoms with Gasteiger partial charge in [-0.25, -0.2) is 9.18 Å². The molecule has 2 atom stereocenters. The number of ether oxygens (including phenoxy) is 1. The van der Waals surface area contributed by atoms with Gasteiger partial charge in [-0.1, -0.05) is 38.1 Å². The number of urea groups is 1. The van der Waals surface area contributed by atoms with Crippen molar-refractivity contribution < 1.29 is 27.1 Å². The molecule has 35 heavy (non-hydrogen) atoms. The summed E-state index contributed by atoms with van der Waals surface area (Å²) in [4.78, 5) is 15.9. The zero-order valence-corrected chi connectivity index (χ0v) is 20.3. The second-order valence-electron chi connectivity index (χ2n) is 9.48. The number of alkyl halides is 3. The van der Waals surface area contributed by atoms with E-state index in [0.717, 1.165) is 11.3 Å². The lowest BCUT2D eigenvalue weighted by Crippen LogP contribution is -2.56. The summed E-state index contributed by atoms with van der Waals surface area (Å²) in [5.41, 5.74) is 1.49. The predicted octanol–water partition coefficient (Wildman–Crippen LogP) is 5.60. The molecule has 0 saturated carbocycles. The van der Waals surface area contributed by atoms with E-state index in [2.05, 4.69) is 19.2 Å². The molecule has 3 rings (SSSR count). The van der Waals surface area contributed by atoms with Gasteiger partial charge in [0, 0.05) is 25.7 Å². The Hall–Kier alpha value is -2.81. The van der Waals surface area contributed by atoms with Gasteiger partial charge in [0.05, 0.1) is 6.61 Å². The molecule has 0 aliphatic carbocycles. The van der Waals surface area contributed by atoms with Crippen molar-refractivity contribution >= 4 is 6.03 Å². The molecule has 1 heterocycles. The predicted molar refractivity (Wildman–Crippen MR) is 126 cm³/mol. The number of hydrogen-bond donors (Lipinski definition) is 1. The quantitative estimate of drug-likeness (QED) is 0.485. The van der Waals surface area contributed by atoms with Crippen LogP contribution >= 0.6 is 0 Å². The topological polar surface area (TPSA) is 44.8 Å². The van der Waals surface area contributed by atoms with Gasteiger partial charge in [0.2, 0.25) is 0 Å². The van der Waals surface area contributed by atoms with Crippen molar-refractivity contribution in [2.75, 3.05) is 20.2 Å². The first kappa shape index (κ1) is 26.8. The molecular weight excluding hydrogens is 462 g/mol. The Morgan fingerprint density at radius 1 is 1.11 bits per heavy atom. The molecule has 1 aliphatic rings. The third-order valence-corrected chi connectivity index (χ3v) is 6.14. The summed E-state index contributed by atoms with van der Waals surface area (Å²) in [5.74, 6) is 0.718. The average Bonchev–Trinajstić information content (AvgIpc) is 2.81. The first-order valence-electron chi connectivity index (χ1n) is 11.8. The van der Waals surface area contributed by atoms with E-state index in [1.165, 1.54) is 29.0 Å². The highest BCUT2D eigenvalue weighted by Crippen LogP contribution is 2.33. The van der Waals surface area contributed by atoms with Gasteiger partial charge < -0.3 is 15.0 Å². The van der Waals surface area contributed by atoms with Gasteiger partial charge in [0.1, 0.15) is 17.6 Å². The number of piperidine rings is 1. The number of benzene rings is 2. The van der Waals surface area contributed by atoms with Crippen LogP contribution in [0.3, 0.4) is 0 Å². The van der Waals surface area contributed by atoms with Gasteiger partial charge in [0.15, 0.2) is 0 Å². The zero-order valence-electron chi connectivity index (χ0n) is 20.3. The lowest BCUT2D eigenvalue weighted by molar-refractivity contribution is -0.191. The Labute approximate surface area is 204 Å². The van der Waals surface area contributed by atoms with Crippen LogP contribution in [0, 0.1) is 11.7 Å². The second-order valence-corrected chi connectivity index (χ2v) is 9.48. The fourth-order valence-electron chi connectivity index (χ4n) is 4.13. The van der Waals surface area contributed by atoms with E-state index < -0.39 is 30.1 Å². The third-order valence-electron chi connectivity index (χ3n) is 6.14. The summed E-state index contributed by atoms with van der Waals surface area (Å²) in [6.07, 6.45) is -4.18. The summed E-state index contributed by atoms with van der Waals surface area (Å²) in [6, 6.07) is 10.3. The summed E-state index contributed by atoms with van der Waals surface area (Å²) >= 11 is 0. The van der Waals surface area contributed by atoms with E-state index in [1.807, 2.05) is 24.3 Å². The van der Waals surface area contributed by atoms with Gasteiger partial charge in [0.25, 0.3) is 0 Å².